The Balaban J connectivity index is -0.000000180. The van der Waals surface area contributed by atoms with Crippen LogP contribution in [0.15, 0.2) is 0 Å². The normalized spacial score (nSPS) is 12.7. The molecule has 0 bridgehead atoms. The summed E-state index contributed by atoms with van der Waals surface area (Å²) in [6.07, 6.45) is -1.12. The summed E-state index contributed by atoms with van der Waals surface area (Å²) in [5.41, 5.74) is 0. The van der Waals surface area contributed by atoms with Crippen molar-refractivity contribution in [2.45, 2.75) is 52.7 Å². The molecule has 0 aromatic rings. The molecule has 0 aromatic heterocycles. The van der Waals surface area contributed by atoms with Crippen LogP contribution in [0.3, 0.4) is 0 Å². The molecule has 2 atom stereocenters. The van der Waals surface area contributed by atoms with Crippen LogP contribution in [0.2, 0.25) is 0 Å². The maximum Gasteiger partial charge on any atom is 2.00 e. The zero-order chi connectivity index (χ0) is 11.7. The second-order valence-electron chi connectivity index (χ2n) is 3.43. The molecule has 0 amide bonds. The van der Waals surface area contributed by atoms with Gasteiger partial charge in [-0.2, -0.15) is 0 Å². The molecule has 0 aromatic carbocycles. The van der Waals surface area contributed by atoms with E-state index in [0.29, 0.717) is 0 Å². The van der Waals surface area contributed by atoms with Gasteiger partial charge in [0.05, 0.1) is 0 Å². The summed E-state index contributed by atoms with van der Waals surface area (Å²) in [4.78, 5) is 20.1. The zero-order valence-corrected chi connectivity index (χ0v) is 10.4. The second kappa shape index (κ2) is 11.9. The van der Waals surface area contributed by atoms with E-state index in [4.69, 9.17) is 0 Å². The average Bonchev–Trinajstić information content (AvgIpc) is 1.79. The van der Waals surface area contributed by atoms with Crippen LogP contribution in [0.4, 0.5) is 0 Å². The summed E-state index contributed by atoms with van der Waals surface area (Å²) in [6.45, 7) is 5.82. The third-order valence-electron chi connectivity index (χ3n) is 1.15. The number of Topliss-reactive ketones (excluding diaryl/α,β-unsaturated/α-hetero) is 2. The number of carbonyl (C=O) groups excluding carboxylic acids is 2. The molecule has 2 unspecified atom stereocenters. The summed E-state index contributed by atoms with van der Waals surface area (Å²) in [6, 6.07) is 0. The van der Waals surface area contributed by atoms with Crippen LogP contribution >= 0.6 is 0 Å². The van der Waals surface area contributed by atoms with Crippen molar-refractivity contribution in [2.75, 3.05) is 0 Å². The van der Waals surface area contributed by atoms with Gasteiger partial charge in [-0.15, -0.1) is 12.2 Å². The Morgan fingerprint density at radius 2 is 1.13 bits per heavy atom. The Kier molecular flexibility index (Phi) is 16.0. The monoisotopic (exact) mass is 265 g/mol. The third kappa shape index (κ3) is 31.6. The Bertz CT molecular complexity index is 158. The van der Waals surface area contributed by atoms with Crippen LogP contribution in [0.5, 0.6) is 0 Å². The van der Waals surface area contributed by atoms with Crippen LogP contribution in [0, 0.1) is 0 Å². The van der Waals surface area contributed by atoms with Crippen LogP contribution in [0.25, 0.3) is 0 Å². The molecule has 0 saturated heterocycles. The first-order chi connectivity index (χ1) is 6.25. The maximum atomic E-state index is 10.1. The molecule has 0 rings (SSSR count). The largest absolute Gasteiger partial charge is 2.00 e. The van der Waals surface area contributed by atoms with Gasteiger partial charge in [0.15, 0.2) is 0 Å². The zero-order valence-electron chi connectivity index (χ0n) is 9.50. The quantitative estimate of drug-likeness (QED) is 0.638. The molecule has 0 aliphatic carbocycles. The molecule has 4 nitrogen and oxygen atoms in total. The van der Waals surface area contributed by atoms with Crippen molar-refractivity contribution in [3.05, 3.63) is 0 Å². The molecule has 0 fully saturated rings. The van der Waals surface area contributed by atoms with E-state index >= 15 is 0 Å². The van der Waals surface area contributed by atoms with E-state index in [9.17, 15) is 19.8 Å². The van der Waals surface area contributed by atoms with E-state index in [2.05, 4.69) is 0 Å². The molecular formula is C10H18CuO4. The van der Waals surface area contributed by atoms with Gasteiger partial charge in [0.25, 0.3) is 0 Å². The minimum absolute atomic E-state index is 0. The number of carbonyl (C=O) groups is 2. The first kappa shape index (κ1) is 20.2. The number of hydrogen-bond donors (Lipinski definition) is 0. The molecule has 15 heavy (non-hydrogen) atoms. The van der Waals surface area contributed by atoms with Crippen LogP contribution < -0.4 is 10.2 Å². The summed E-state index contributed by atoms with van der Waals surface area (Å²) in [5.74, 6) is -0.0509. The Morgan fingerprint density at radius 1 is 0.933 bits per heavy atom. The van der Waals surface area contributed by atoms with Gasteiger partial charge in [-0.3, -0.25) is 0 Å². The summed E-state index contributed by atoms with van der Waals surface area (Å²) < 4.78 is 0. The second-order valence-corrected chi connectivity index (χ2v) is 3.43. The number of rotatable bonds is 4. The fourth-order valence-corrected chi connectivity index (χ4v) is 0.810. The SMILES string of the molecule is CC(=O)CC(C)[O-].CC(=O)CC(C)[O-].[Cu+2]. The van der Waals surface area contributed by atoms with Crippen LogP contribution in [-0.2, 0) is 26.7 Å². The van der Waals surface area contributed by atoms with Gasteiger partial charge in [-0.25, -0.2) is 0 Å². The predicted octanol–water partition coefficient (Wildman–Crippen LogP) is -0.574. The van der Waals surface area contributed by atoms with E-state index in [1.807, 2.05) is 0 Å². The van der Waals surface area contributed by atoms with Crippen molar-refractivity contribution < 1.29 is 36.9 Å². The fraction of sp³-hybridized carbons (Fsp3) is 0.800. The molecule has 1 radical (unpaired) electrons. The topological polar surface area (TPSA) is 80.3 Å². The molecule has 0 aliphatic rings. The minimum Gasteiger partial charge on any atom is -0.852 e. The Hall–Kier alpha value is -0.221. The minimum atomic E-state index is -0.725. The maximum absolute atomic E-state index is 10.1. The molecule has 93 valence electrons. The van der Waals surface area contributed by atoms with Crippen molar-refractivity contribution in [3.8, 4) is 0 Å². The molecule has 5 heteroatoms. The Morgan fingerprint density at radius 3 is 1.13 bits per heavy atom. The number of hydrogen-bond acceptors (Lipinski definition) is 4. The summed E-state index contributed by atoms with van der Waals surface area (Å²) in [5, 5.41) is 20.2. The van der Waals surface area contributed by atoms with E-state index in [1.54, 1.807) is 0 Å². The average molecular weight is 266 g/mol. The van der Waals surface area contributed by atoms with Gasteiger partial charge in [0.2, 0.25) is 0 Å². The van der Waals surface area contributed by atoms with E-state index < -0.39 is 12.2 Å². The third-order valence-corrected chi connectivity index (χ3v) is 1.15. The van der Waals surface area contributed by atoms with Crippen molar-refractivity contribution in [1.82, 2.24) is 0 Å². The van der Waals surface area contributed by atoms with Crippen molar-refractivity contribution in [1.29, 1.82) is 0 Å². The van der Waals surface area contributed by atoms with Crippen molar-refractivity contribution >= 4 is 11.6 Å². The molecule has 0 saturated carbocycles. The molecule has 0 spiro atoms. The number of ketones is 2. The van der Waals surface area contributed by atoms with Crippen molar-refractivity contribution in [3.63, 3.8) is 0 Å². The van der Waals surface area contributed by atoms with E-state index in [1.165, 1.54) is 27.7 Å². The molecule has 0 N–H and O–H groups in total. The van der Waals surface area contributed by atoms with Gasteiger partial charge < -0.3 is 19.8 Å². The van der Waals surface area contributed by atoms with Crippen molar-refractivity contribution in [2.24, 2.45) is 0 Å². The summed E-state index contributed by atoms with van der Waals surface area (Å²) in [7, 11) is 0. The van der Waals surface area contributed by atoms with Gasteiger partial charge >= 0.3 is 17.1 Å². The molecule has 0 aliphatic heterocycles. The van der Waals surface area contributed by atoms with Gasteiger partial charge in [-0.05, 0) is 26.7 Å². The molecular weight excluding hydrogens is 248 g/mol. The van der Waals surface area contributed by atoms with E-state index in [-0.39, 0.29) is 41.5 Å². The summed E-state index contributed by atoms with van der Waals surface area (Å²) >= 11 is 0. The van der Waals surface area contributed by atoms with Gasteiger partial charge in [-0.1, -0.05) is 13.8 Å². The first-order valence-electron chi connectivity index (χ1n) is 4.56. The predicted molar refractivity (Wildman–Crippen MR) is 49.5 cm³/mol. The Labute approximate surface area is 102 Å². The standard InChI is InChI=1S/2C5H9O2.Cu/c2*1-4(6)3-5(2)7;/h2*4H,3H2,1-2H3;/q2*-1;+2. The molecule has 0 heterocycles. The smallest absolute Gasteiger partial charge is 0.852 e. The van der Waals surface area contributed by atoms with E-state index in [0.717, 1.165) is 0 Å². The van der Waals surface area contributed by atoms with Crippen LogP contribution in [-0.4, -0.2) is 23.8 Å². The van der Waals surface area contributed by atoms with Gasteiger partial charge in [0.1, 0.15) is 11.6 Å². The first-order valence-corrected chi connectivity index (χ1v) is 4.56. The van der Waals surface area contributed by atoms with Gasteiger partial charge in [0, 0.05) is 0 Å². The van der Waals surface area contributed by atoms with Crippen LogP contribution in [0.1, 0.15) is 40.5 Å². The fourth-order valence-electron chi connectivity index (χ4n) is 0.810.